The van der Waals surface area contributed by atoms with Gasteiger partial charge in [-0.1, -0.05) is 43.4 Å². The summed E-state index contributed by atoms with van der Waals surface area (Å²) in [5.74, 6) is 1.07. The second kappa shape index (κ2) is 7.58. The Morgan fingerprint density at radius 3 is 2.90 bits per heavy atom. The number of nitrogens with zero attached hydrogens (tertiary/aromatic N) is 1. The molecule has 1 aromatic heterocycles. The summed E-state index contributed by atoms with van der Waals surface area (Å²) in [6, 6.07) is 15.5. The Kier molecular flexibility index (Phi) is 4.92. The largest absolute Gasteiger partial charge is 0.441 e. The Morgan fingerprint density at radius 1 is 1.17 bits per heavy atom. The zero-order chi connectivity index (χ0) is 20.0. The van der Waals surface area contributed by atoms with Crippen LogP contribution in [-0.2, 0) is 6.42 Å². The highest BCUT2D eigenvalue weighted by molar-refractivity contribution is 7.81. The average Bonchev–Trinajstić information content (AvgIpc) is 3.35. The van der Waals surface area contributed by atoms with Crippen molar-refractivity contribution in [3.8, 4) is 0 Å². The molecule has 2 atom stereocenters. The third kappa shape index (κ3) is 3.28. The number of fused-ring (bicyclic) bond motifs is 2. The van der Waals surface area contributed by atoms with Crippen molar-refractivity contribution in [3.05, 3.63) is 64.7 Å². The fourth-order valence-electron chi connectivity index (χ4n) is 5.39. The van der Waals surface area contributed by atoms with Gasteiger partial charge in [0.1, 0.15) is 5.58 Å². The van der Waals surface area contributed by atoms with Crippen molar-refractivity contribution >= 4 is 33.9 Å². The van der Waals surface area contributed by atoms with Gasteiger partial charge in [0.05, 0.1) is 4.86 Å². The monoisotopic (exact) mass is 404 g/mol. The molecule has 29 heavy (non-hydrogen) atoms. The van der Waals surface area contributed by atoms with Gasteiger partial charge in [0.25, 0.3) is 0 Å². The molecular formula is C25H28N2OS. The molecule has 5 rings (SSSR count). The number of aryl methyl sites for hydroxylation is 1. The Morgan fingerprint density at radius 2 is 2.03 bits per heavy atom. The number of furan rings is 1. The third-order valence-electron chi connectivity index (χ3n) is 6.89. The van der Waals surface area contributed by atoms with E-state index < -0.39 is 0 Å². The molecule has 3 aromatic rings. The fraction of sp³-hybridized carbons (Fsp3) is 0.400. The maximum absolute atomic E-state index is 6.39. The normalized spacial score (nSPS) is 22.1. The summed E-state index contributed by atoms with van der Waals surface area (Å²) < 4.78 is 5.97. The summed E-state index contributed by atoms with van der Waals surface area (Å²) in [6.45, 7) is 4.60. The average molecular weight is 405 g/mol. The number of anilines is 1. The fourth-order valence-corrected chi connectivity index (χ4v) is 5.72. The zero-order valence-corrected chi connectivity index (χ0v) is 17.8. The molecule has 0 aliphatic carbocycles. The predicted molar refractivity (Wildman–Crippen MR) is 124 cm³/mol. The molecule has 2 saturated heterocycles. The van der Waals surface area contributed by atoms with E-state index in [1.54, 1.807) is 0 Å². The minimum atomic E-state index is 0.474. The van der Waals surface area contributed by atoms with Crippen molar-refractivity contribution in [3.63, 3.8) is 0 Å². The summed E-state index contributed by atoms with van der Waals surface area (Å²) in [7, 11) is 0. The molecule has 2 N–H and O–H groups in total. The highest BCUT2D eigenvalue weighted by atomic mass is 32.1. The first-order valence-electron chi connectivity index (χ1n) is 10.8. The van der Waals surface area contributed by atoms with Crippen molar-refractivity contribution in [2.24, 2.45) is 0 Å². The summed E-state index contributed by atoms with van der Waals surface area (Å²) >= 11 is 5.90. The van der Waals surface area contributed by atoms with Crippen LogP contribution < -0.4 is 5.73 Å². The first-order valence-corrected chi connectivity index (χ1v) is 11.2. The van der Waals surface area contributed by atoms with Crippen LogP contribution in [-0.4, -0.2) is 28.9 Å². The summed E-state index contributed by atoms with van der Waals surface area (Å²) in [5, 5.41) is 1.15. The molecule has 2 aliphatic rings. The Hall–Kier alpha value is -2.17. The minimum absolute atomic E-state index is 0.474. The second-order valence-electron chi connectivity index (χ2n) is 8.48. The van der Waals surface area contributed by atoms with Crippen LogP contribution in [0.1, 0.15) is 60.8 Å². The van der Waals surface area contributed by atoms with Crippen LogP contribution in [0.15, 0.2) is 46.9 Å². The van der Waals surface area contributed by atoms with Gasteiger partial charge in [-0.2, -0.15) is 0 Å². The molecule has 0 bridgehead atoms. The van der Waals surface area contributed by atoms with Gasteiger partial charge in [-0.05, 0) is 86.0 Å². The lowest BCUT2D eigenvalue weighted by Gasteiger charge is -2.34. The molecule has 0 spiro atoms. The summed E-state index contributed by atoms with van der Waals surface area (Å²) in [6.07, 6.45) is 5.96. The van der Waals surface area contributed by atoms with E-state index in [1.807, 2.05) is 6.07 Å². The summed E-state index contributed by atoms with van der Waals surface area (Å²) in [5.41, 5.74) is 12.0. The maximum Gasteiger partial charge on any atom is 0.195 e. The maximum atomic E-state index is 6.39. The van der Waals surface area contributed by atoms with Crippen LogP contribution in [0.3, 0.4) is 0 Å². The van der Waals surface area contributed by atoms with Gasteiger partial charge < -0.3 is 15.1 Å². The topological polar surface area (TPSA) is 42.4 Å². The van der Waals surface area contributed by atoms with Gasteiger partial charge in [-0.25, -0.2) is 0 Å². The van der Waals surface area contributed by atoms with Gasteiger partial charge in [0.2, 0.25) is 0 Å². The van der Waals surface area contributed by atoms with Crippen molar-refractivity contribution in [2.45, 2.75) is 51.0 Å². The molecule has 2 aromatic carbocycles. The first kappa shape index (κ1) is 18.8. The quantitative estimate of drug-likeness (QED) is 0.448. The van der Waals surface area contributed by atoms with Gasteiger partial charge in [0, 0.05) is 17.0 Å². The zero-order valence-electron chi connectivity index (χ0n) is 17.0. The molecule has 2 unspecified atom stereocenters. The van der Waals surface area contributed by atoms with Gasteiger partial charge in [-0.15, -0.1) is 0 Å². The van der Waals surface area contributed by atoms with Crippen molar-refractivity contribution in [1.82, 2.24) is 4.90 Å². The number of rotatable bonds is 4. The second-order valence-corrected chi connectivity index (χ2v) is 8.89. The highest BCUT2D eigenvalue weighted by Gasteiger charge is 2.34. The van der Waals surface area contributed by atoms with Crippen LogP contribution >= 0.6 is 12.2 Å². The van der Waals surface area contributed by atoms with Crippen molar-refractivity contribution in [2.75, 3.05) is 18.8 Å². The van der Waals surface area contributed by atoms with E-state index in [1.165, 1.54) is 43.5 Å². The van der Waals surface area contributed by atoms with E-state index in [2.05, 4.69) is 48.2 Å². The Labute approximate surface area is 177 Å². The van der Waals surface area contributed by atoms with E-state index in [9.17, 15) is 0 Å². The SMILES string of the molecule is CCc1ccccc1C(=S)c1ccc2oc(N)c(C3CCN4CCCC4C3)c2c1. The van der Waals surface area contributed by atoms with Crippen LogP contribution in [0.25, 0.3) is 11.0 Å². The lowest BCUT2D eigenvalue weighted by Crippen LogP contribution is -2.37. The molecule has 0 saturated carbocycles. The van der Waals surface area contributed by atoms with E-state index >= 15 is 0 Å². The molecule has 4 heteroatoms. The van der Waals surface area contributed by atoms with E-state index in [0.29, 0.717) is 17.8 Å². The smallest absolute Gasteiger partial charge is 0.195 e. The molecule has 3 nitrogen and oxygen atoms in total. The predicted octanol–water partition coefficient (Wildman–Crippen LogP) is 5.69. The number of piperidine rings is 1. The molecular weight excluding hydrogens is 376 g/mol. The van der Waals surface area contributed by atoms with E-state index in [-0.39, 0.29) is 0 Å². The lowest BCUT2D eigenvalue weighted by atomic mass is 9.84. The van der Waals surface area contributed by atoms with Gasteiger partial charge in [-0.3, -0.25) is 0 Å². The number of benzene rings is 2. The summed E-state index contributed by atoms with van der Waals surface area (Å²) in [4.78, 5) is 3.55. The minimum Gasteiger partial charge on any atom is -0.441 e. The number of thiocarbonyl (C=S) groups is 1. The standard InChI is InChI=1S/C25H28N2OS/c1-2-16-6-3-4-8-20(16)24(29)18-9-10-22-21(15-18)23(25(26)28-22)17-11-13-27-12-5-7-19(27)14-17/h3-4,6,8-10,15,17,19H,2,5,7,11-14,26H2,1H3. The molecule has 2 fully saturated rings. The Balaban J connectivity index is 1.53. The Bertz CT molecular complexity index is 1070. The van der Waals surface area contributed by atoms with Gasteiger partial charge >= 0.3 is 0 Å². The van der Waals surface area contributed by atoms with Crippen molar-refractivity contribution in [1.29, 1.82) is 0 Å². The molecule has 0 amide bonds. The van der Waals surface area contributed by atoms with Crippen LogP contribution in [0, 0.1) is 0 Å². The number of hydrogen-bond donors (Lipinski definition) is 1. The number of nitrogens with two attached hydrogens (primary N) is 1. The molecule has 0 radical (unpaired) electrons. The van der Waals surface area contributed by atoms with Crippen LogP contribution in [0.4, 0.5) is 5.88 Å². The number of nitrogen functional groups attached to an aromatic ring is 1. The number of hydrogen-bond acceptors (Lipinski definition) is 4. The van der Waals surface area contributed by atoms with Crippen LogP contribution in [0.5, 0.6) is 0 Å². The molecule has 150 valence electrons. The lowest BCUT2D eigenvalue weighted by molar-refractivity contribution is 0.181. The van der Waals surface area contributed by atoms with E-state index in [0.717, 1.165) is 39.8 Å². The molecule has 3 heterocycles. The van der Waals surface area contributed by atoms with E-state index in [4.69, 9.17) is 22.4 Å². The van der Waals surface area contributed by atoms with Crippen LogP contribution in [0.2, 0.25) is 0 Å². The first-order chi connectivity index (χ1) is 14.2. The third-order valence-corrected chi connectivity index (χ3v) is 7.34. The highest BCUT2D eigenvalue weighted by Crippen LogP contribution is 2.43. The van der Waals surface area contributed by atoms with Crippen molar-refractivity contribution < 1.29 is 4.42 Å². The van der Waals surface area contributed by atoms with Gasteiger partial charge in [0.15, 0.2) is 5.88 Å². The molecule has 2 aliphatic heterocycles.